The molecule has 1 aliphatic heterocycles. The van der Waals surface area contributed by atoms with E-state index in [1.165, 1.54) is 7.11 Å². The molecule has 0 aliphatic carbocycles. The number of piperidine rings is 1. The standard InChI is InChI=1S/C15H25N5O2.HI/c1-4-16-15(17-9-12-10-18-19(2)11-12)20-7-5-13(6-8-20)14(21)22-3;/h10-11,13H,4-9H2,1-3H3,(H,16,17);1H. The van der Waals surface area contributed by atoms with E-state index in [1.54, 1.807) is 4.68 Å². The van der Waals surface area contributed by atoms with Crippen LogP contribution in [0, 0.1) is 5.92 Å². The van der Waals surface area contributed by atoms with Crippen molar-refractivity contribution in [3.05, 3.63) is 18.0 Å². The highest BCUT2D eigenvalue weighted by molar-refractivity contribution is 14.0. The molecule has 0 bridgehead atoms. The molecule has 7 nitrogen and oxygen atoms in total. The van der Waals surface area contributed by atoms with Crippen LogP contribution >= 0.6 is 24.0 Å². The van der Waals surface area contributed by atoms with Crippen molar-refractivity contribution < 1.29 is 9.53 Å². The van der Waals surface area contributed by atoms with Gasteiger partial charge in [0.2, 0.25) is 0 Å². The summed E-state index contributed by atoms with van der Waals surface area (Å²) in [5, 5.41) is 7.47. The first kappa shape index (κ1) is 19.7. The zero-order valence-corrected chi connectivity index (χ0v) is 16.3. The first-order valence-corrected chi connectivity index (χ1v) is 7.72. The number of methoxy groups -OCH3 is 1. The van der Waals surface area contributed by atoms with Gasteiger partial charge in [0.1, 0.15) is 0 Å². The molecule has 130 valence electrons. The number of halogens is 1. The Balaban J connectivity index is 0.00000264. The maximum absolute atomic E-state index is 11.6. The van der Waals surface area contributed by atoms with Crippen LogP contribution in [0.3, 0.4) is 0 Å². The highest BCUT2D eigenvalue weighted by Gasteiger charge is 2.26. The van der Waals surface area contributed by atoms with Crippen molar-refractivity contribution in [2.75, 3.05) is 26.7 Å². The average molecular weight is 435 g/mol. The van der Waals surface area contributed by atoms with E-state index in [0.29, 0.717) is 6.54 Å². The first-order valence-electron chi connectivity index (χ1n) is 7.72. The predicted octanol–water partition coefficient (Wildman–Crippen LogP) is 1.39. The molecule has 8 heteroatoms. The topological polar surface area (TPSA) is 71.8 Å². The number of nitrogens with one attached hydrogen (secondary N) is 1. The lowest BCUT2D eigenvalue weighted by Crippen LogP contribution is -2.46. The number of esters is 1. The number of guanidine groups is 1. The molecular weight excluding hydrogens is 409 g/mol. The lowest BCUT2D eigenvalue weighted by atomic mass is 9.97. The normalized spacial score (nSPS) is 16.0. The van der Waals surface area contributed by atoms with Crippen LogP contribution in [-0.4, -0.2) is 53.4 Å². The van der Waals surface area contributed by atoms with E-state index in [9.17, 15) is 4.79 Å². The number of aromatic nitrogens is 2. The molecule has 0 unspecified atom stereocenters. The summed E-state index contributed by atoms with van der Waals surface area (Å²) in [6.45, 7) is 5.12. The Morgan fingerprint density at radius 2 is 2.17 bits per heavy atom. The van der Waals surface area contributed by atoms with Gasteiger partial charge in [-0.15, -0.1) is 24.0 Å². The Hall–Kier alpha value is -1.32. The highest BCUT2D eigenvalue weighted by Crippen LogP contribution is 2.18. The summed E-state index contributed by atoms with van der Waals surface area (Å²) < 4.78 is 6.61. The number of likely N-dealkylation sites (tertiary alicyclic amines) is 1. The Morgan fingerprint density at radius 1 is 1.48 bits per heavy atom. The number of hydrogen-bond donors (Lipinski definition) is 1. The fourth-order valence-electron chi connectivity index (χ4n) is 2.64. The molecule has 1 aromatic heterocycles. The van der Waals surface area contributed by atoms with Gasteiger partial charge in [-0.05, 0) is 19.8 Å². The minimum atomic E-state index is -0.100. The molecule has 0 saturated carbocycles. The zero-order chi connectivity index (χ0) is 15.9. The van der Waals surface area contributed by atoms with Crippen LogP contribution in [0.1, 0.15) is 25.3 Å². The molecule has 1 N–H and O–H groups in total. The molecule has 0 aromatic carbocycles. The molecule has 0 atom stereocenters. The van der Waals surface area contributed by atoms with Gasteiger partial charge in [-0.3, -0.25) is 9.48 Å². The maximum Gasteiger partial charge on any atom is 0.308 e. The van der Waals surface area contributed by atoms with E-state index >= 15 is 0 Å². The second-order valence-corrected chi connectivity index (χ2v) is 5.48. The molecule has 0 spiro atoms. The number of hydrogen-bond acceptors (Lipinski definition) is 4. The van der Waals surface area contributed by atoms with Crippen molar-refractivity contribution >= 4 is 35.9 Å². The van der Waals surface area contributed by atoms with Crippen LogP contribution in [0.15, 0.2) is 17.4 Å². The second-order valence-electron chi connectivity index (χ2n) is 5.48. The quantitative estimate of drug-likeness (QED) is 0.335. The summed E-state index contributed by atoms with van der Waals surface area (Å²) in [6, 6.07) is 0. The second kappa shape index (κ2) is 9.74. The van der Waals surface area contributed by atoms with Crippen LogP contribution < -0.4 is 5.32 Å². The molecule has 1 saturated heterocycles. The van der Waals surface area contributed by atoms with E-state index in [4.69, 9.17) is 4.74 Å². The largest absolute Gasteiger partial charge is 0.469 e. The molecule has 23 heavy (non-hydrogen) atoms. The fraction of sp³-hybridized carbons (Fsp3) is 0.667. The van der Waals surface area contributed by atoms with Crippen molar-refractivity contribution in [1.82, 2.24) is 20.0 Å². The van der Waals surface area contributed by atoms with E-state index in [1.807, 2.05) is 19.4 Å². The predicted molar refractivity (Wildman–Crippen MR) is 99.8 cm³/mol. The van der Waals surface area contributed by atoms with Crippen molar-refractivity contribution in [2.45, 2.75) is 26.3 Å². The third kappa shape index (κ3) is 5.67. The lowest BCUT2D eigenvalue weighted by molar-refractivity contribution is -0.146. The molecule has 2 heterocycles. The summed E-state index contributed by atoms with van der Waals surface area (Å²) >= 11 is 0. The van der Waals surface area contributed by atoms with Crippen molar-refractivity contribution in [2.24, 2.45) is 18.0 Å². The van der Waals surface area contributed by atoms with E-state index in [-0.39, 0.29) is 35.9 Å². The Kier molecular flexibility index (Phi) is 8.35. The van der Waals surface area contributed by atoms with Crippen molar-refractivity contribution in [1.29, 1.82) is 0 Å². The average Bonchev–Trinajstić information content (AvgIpc) is 2.96. The van der Waals surface area contributed by atoms with E-state index < -0.39 is 0 Å². The van der Waals surface area contributed by atoms with Gasteiger partial charge in [0.15, 0.2) is 5.96 Å². The van der Waals surface area contributed by atoms with Crippen LogP contribution in [0.4, 0.5) is 0 Å². The lowest BCUT2D eigenvalue weighted by Gasteiger charge is -2.33. The smallest absolute Gasteiger partial charge is 0.308 e. The minimum absolute atomic E-state index is 0. The summed E-state index contributed by atoms with van der Waals surface area (Å²) in [4.78, 5) is 18.5. The molecular formula is C15H26IN5O2. The minimum Gasteiger partial charge on any atom is -0.469 e. The van der Waals surface area contributed by atoms with Gasteiger partial charge in [0, 0.05) is 38.4 Å². The van der Waals surface area contributed by atoms with Gasteiger partial charge in [0.25, 0.3) is 0 Å². The van der Waals surface area contributed by atoms with Crippen LogP contribution in [0.25, 0.3) is 0 Å². The SMILES string of the molecule is CCNC(=NCc1cnn(C)c1)N1CCC(C(=O)OC)CC1.I. The van der Waals surface area contributed by atoms with Gasteiger partial charge >= 0.3 is 5.97 Å². The third-order valence-electron chi connectivity index (χ3n) is 3.83. The number of aryl methyl sites for hydroxylation is 1. The van der Waals surface area contributed by atoms with Crippen LogP contribution in [0.5, 0.6) is 0 Å². The van der Waals surface area contributed by atoms with Gasteiger partial charge in [-0.2, -0.15) is 5.10 Å². The van der Waals surface area contributed by atoms with Crippen molar-refractivity contribution in [3.63, 3.8) is 0 Å². The Bertz CT molecular complexity index is 524. The maximum atomic E-state index is 11.6. The van der Waals surface area contributed by atoms with E-state index in [0.717, 1.165) is 44.0 Å². The Morgan fingerprint density at radius 3 is 2.70 bits per heavy atom. The summed E-state index contributed by atoms with van der Waals surface area (Å²) in [6.07, 6.45) is 5.42. The van der Waals surface area contributed by atoms with Gasteiger partial charge in [0.05, 0.1) is 25.8 Å². The number of carbonyl (C=O) groups excluding carboxylic acids is 1. The molecule has 0 amide bonds. The van der Waals surface area contributed by atoms with Crippen LogP contribution in [0.2, 0.25) is 0 Å². The number of aliphatic imine (C=N–C) groups is 1. The zero-order valence-electron chi connectivity index (χ0n) is 14.0. The van der Waals surface area contributed by atoms with E-state index in [2.05, 4.69) is 27.2 Å². The Labute approximate surface area is 154 Å². The molecule has 0 radical (unpaired) electrons. The highest BCUT2D eigenvalue weighted by atomic mass is 127. The molecule has 2 rings (SSSR count). The summed E-state index contributed by atoms with van der Waals surface area (Å²) in [5.74, 6) is 0.814. The van der Waals surface area contributed by atoms with Gasteiger partial charge < -0.3 is 15.0 Å². The number of rotatable bonds is 4. The van der Waals surface area contributed by atoms with Gasteiger partial charge in [-0.1, -0.05) is 0 Å². The van der Waals surface area contributed by atoms with Crippen molar-refractivity contribution in [3.8, 4) is 0 Å². The molecule has 1 aliphatic rings. The number of ether oxygens (including phenoxy) is 1. The molecule has 1 aromatic rings. The van der Waals surface area contributed by atoms with Crippen LogP contribution in [-0.2, 0) is 23.1 Å². The fourth-order valence-corrected chi connectivity index (χ4v) is 2.64. The number of carbonyl (C=O) groups is 1. The summed E-state index contributed by atoms with van der Waals surface area (Å²) in [7, 11) is 3.35. The van der Waals surface area contributed by atoms with Gasteiger partial charge in [-0.25, -0.2) is 4.99 Å². The first-order chi connectivity index (χ1) is 10.6. The molecule has 1 fully saturated rings. The third-order valence-corrected chi connectivity index (χ3v) is 3.83. The summed E-state index contributed by atoms with van der Waals surface area (Å²) in [5.41, 5.74) is 1.09. The number of nitrogens with zero attached hydrogens (tertiary/aromatic N) is 4. The monoisotopic (exact) mass is 435 g/mol.